The van der Waals surface area contributed by atoms with Crippen LogP contribution in [0.1, 0.15) is 44.5 Å². The maximum atomic E-state index is 11.7. The summed E-state index contributed by atoms with van der Waals surface area (Å²) in [6, 6.07) is 0.274. The maximum Gasteiger partial charge on any atom is 0.317 e. The van der Waals surface area contributed by atoms with Gasteiger partial charge in [-0.05, 0) is 26.7 Å². The van der Waals surface area contributed by atoms with Crippen molar-refractivity contribution in [3.8, 4) is 0 Å². The molecule has 0 aromatic carbocycles. The van der Waals surface area contributed by atoms with Crippen molar-refractivity contribution >= 4 is 6.03 Å². The zero-order valence-corrected chi connectivity index (χ0v) is 11.5. The topological polar surface area (TPSA) is 80.5 Å². The van der Waals surface area contributed by atoms with Gasteiger partial charge >= 0.3 is 6.03 Å². The largest absolute Gasteiger partial charge is 0.371 e. The highest BCUT2D eigenvalue weighted by Gasteiger charge is 2.29. The van der Waals surface area contributed by atoms with Crippen molar-refractivity contribution in [1.82, 2.24) is 20.4 Å². The minimum atomic E-state index is -0.202. The van der Waals surface area contributed by atoms with Crippen molar-refractivity contribution in [2.24, 2.45) is 0 Å². The molecule has 0 unspecified atom stereocenters. The Bertz CT molecular complexity index is 430. The molecule has 2 rings (SSSR count). The average molecular weight is 268 g/mol. The van der Waals surface area contributed by atoms with Gasteiger partial charge in [0.05, 0.1) is 6.54 Å². The fraction of sp³-hybridized carbons (Fsp3) is 0.750. The van der Waals surface area contributed by atoms with Crippen LogP contribution in [0.3, 0.4) is 0 Å². The normalized spacial score (nSPS) is 16.2. The van der Waals surface area contributed by atoms with E-state index in [1.165, 1.54) is 0 Å². The zero-order chi connectivity index (χ0) is 13.8. The molecule has 1 aromatic heterocycles. The van der Waals surface area contributed by atoms with Crippen molar-refractivity contribution < 1.29 is 14.1 Å². The number of aromatic nitrogens is 2. The van der Waals surface area contributed by atoms with Gasteiger partial charge in [0.1, 0.15) is 6.10 Å². The van der Waals surface area contributed by atoms with Gasteiger partial charge in [-0.3, -0.25) is 0 Å². The van der Waals surface area contributed by atoms with Gasteiger partial charge in [0.25, 0.3) is 0 Å². The highest BCUT2D eigenvalue weighted by Crippen LogP contribution is 2.25. The fourth-order valence-electron chi connectivity index (χ4n) is 1.73. The Labute approximate surface area is 112 Å². The molecule has 7 nitrogen and oxygen atoms in total. The second-order valence-electron chi connectivity index (χ2n) is 4.64. The van der Waals surface area contributed by atoms with Crippen molar-refractivity contribution in [1.29, 1.82) is 0 Å². The van der Waals surface area contributed by atoms with Crippen molar-refractivity contribution in [3.05, 3.63) is 11.7 Å². The van der Waals surface area contributed by atoms with Crippen LogP contribution in [0, 0.1) is 0 Å². The molecule has 0 bridgehead atoms. The summed E-state index contributed by atoms with van der Waals surface area (Å²) in [6.07, 6.45) is 1.97. The Morgan fingerprint density at radius 2 is 2.37 bits per heavy atom. The highest BCUT2D eigenvalue weighted by molar-refractivity contribution is 5.74. The predicted octanol–water partition coefficient (Wildman–Crippen LogP) is 1.47. The lowest BCUT2D eigenvalue weighted by Gasteiger charge is -2.15. The smallest absolute Gasteiger partial charge is 0.317 e. The van der Waals surface area contributed by atoms with E-state index in [1.54, 1.807) is 11.9 Å². The second-order valence-corrected chi connectivity index (χ2v) is 4.64. The first-order valence-corrected chi connectivity index (χ1v) is 6.56. The van der Waals surface area contributed by atoms with E-state index in [0.29, 0.717) is 24.4 Å². The van der Waals surface area contributed by atoms with Crippen LogP contribution in [0.15, 0.2) is 4.52 Å². The van der Waals surface area contributed by atoms with Crippen LogP contribution in [0.5, 0.6) is 0 Å². The third-order valence-electron chi connectivity index (χ3n) is 3.07. The number of carbonyl (C=O) groups excluding carboxylic acids is 1. The lowest BCUT2D eigenvalue weighted by atomic mass is 10.4. The van der Waals surface area contributed by atoms with Gasteiger partial charge in [-0.2, -0.15) is 4.98 Å². The second kappa shape index (κ2) is 6.01. The third-order valence-corrected chi connectivity index (χ3v) is 3.07. The lowest BCUT2D eigenvalue weighted by Crippen LogP contribution is -2.38. The van der Waals surface area contributed by atoms with Crippen LogP contribution in [0.4, 0.5) is 4.79 Å². The van der Waals surface area contributed by atoms with Crippen LogP contribution in [0.2, 0.25) is 0 Å². The summed E-state index contributed by atoms with van der Waals surface area (Å²) in [5.41, 5.74) is 0. The molecule has 1 heterocycles. The number of carbonyl (C=O) groups is 1. The molecule has 7 heteroatoms. The molecular formula is C12H20N4O3. The van der Waals surface area contributed by atoms with E-state index >= 15 is 0 Å². The molecule has 1 atom stereocenters. The summed E-state index contributed by atoms with van der Waals surface area (Å²) in [5, 5.41) is 6.58. The molecule has 1 aliphatic carbocycles. The molecule has 0 saturated heterocycles. The summed E-state index contributed by atoms with van der Waals surface area (Å²) in [7, 11) is 1.80. The van der Waals surface area contributed by atoms with Crippen LogP contribution in [-0.2, 0) is 11.3 Å². The molecule has 2 amide bonds. The van der Waals surface area contributed by atoms with E-state index in [2.05, 4.69) is 15.5 Å². The maximum absolute atomic E-state index is 11.7. The van der Waals surface area contributed by atoms with E-state index in [0.717, 1.165) is 12.8 Å². The van der Waals surface area contributed by atoms with Crippen molar-refractivity contribution in [2.75, 3.05) is 13.7 Å². The monoisotopic (exact) mass is 268 g/mol. The standard InChI is InChI=1S/C12H20N4O3/c1-4-18-8(2)11-14-10(19-15-11)7-13-12(17)16(3)9-5-6-9/h8-9H,4-7H2,1-3H3,(H,13,17)/t8-/m1/s1. The summed E-state index contributed by atoms with van der Waals surface area (Å²) < 4.78 is 10.4. The van der Waals surface area contributed by atoms with Crippen LogP contribution >= 0.6 is 0 Å². The summed E-state index contributed by atoms with van der Waals surface area (Å²) in [6.45, 7) is 4.60. The summed E-state index contributed by atoms with van der Waals surface area (Å²) in [5.74, 6) is 0.890. The first kappa shape index (κ1) is 13.8. The SMILES string of the molecule is CCO[C@H](C)c1noc(CNC(=O)N(C)C2CC2)n1. The lowest BCUT2D eigenvalue weighted by molar-refractivity contribution is 0.0683. The Morgan fingerprint density at radius 1 is 1.63 bits per heavy atom. The first-order valence-electron chi connectivity index (χ1n) is 6.56. The summed E-state index contributed by atoms with van der Waals surface area (Å²) >= 11 is 0. The third kappa shape index (κ3) is 3.66. The van der Waals surface area contributed by atoms with Crippen LogP contribution in [-0.4, -0.2) is 40.8 Å². The number of hydrogen-bond acceptors (Lipinski definition) is 5. The highest BCUT2D eigenvalue weighted by atomic mass is 16.5. The summed E-state index contributed by atoms with van der Waals surface area (Å²) in [4.78, 5) is 17.6. The number of urea groups is 1. The molecular weight excluding hydrogens is 248 g/mol. The number of hydrogen-bond donors (Lipinski definition) is 1. The molecule has 19 heavy (non-hydrogen) atoms. The predicted molar refractivity (Wildman–Crippen MR) is 67.4 cm³/mol. The quantitative estimate of drug-likeness (QED) is 0.845. The van der Waals surface area contributed by atoms with Gasteiger partial charge < -0.3 is 19.5 Å². The number of rotatable bonds is 6. The number of ether oxygens (including phenoxy) is 1. The van der Waals surface area contributed by atoms with E-state index in [9.17, 15) is 4.79 Å². The average Bonchev–Trinajstić information content (AvgIpc) is 3.14. The van der Waals surface area contributed by atoms with Crippen molar-refractivity contribution in [3.63, 3.8) is 0 Å². The Morgan fingerprint density at radius 3 is 3.00 bits per heavy atom. The fourth-order valence-corrected chi connectivity index (χ4v) is 1.73. The van der Waals surface area contributed by atoms with Gasteiger partial charge in [0.15, 0.2) is 5.82 Å². The molecule has 106 valence electrons. The molecule has 0 aliphatic heterocycles. The van der Waals surface area contributed by atoms with E-state index in [4.69, 9.17) is 9.26 Å². The van der Waals surface area contributed by atoms with Gasteiger partial charge in [0, 0.05) is 19.7 Å². The van der Waals surface area contributed by atoms with Gasteiger partial charge in [0.2, 0.25) is 5.89 Å². The number of nitrogens with zero attached hydrogens (tertiary/aromatic N) is 3. The molecule has 1 fully saturated rings. The Balaban J connectivity index is 1.81. The molecule has 1 aliphatic rings. The molecule has 0 spiro atoms. The number of nitrogens with one attached hydrogen (secondary N) is 1. The van der Waals surface area contributed by atoms with Gasteiger partial charge in [-0.15, -0.1) is 0 Å². The van der Waals surface area contributed by atoms with E-state index in [1.807, 2.05) is 13.8 Å². The van der Waals surface area contributed by atoms with Crippen molar-refractivity contribution in [2.45, 2.75) is 45.4 Å². The van der Waals surface area contributed by atoms with E-state index in [-0.39, 0.29) is 18.7 Å². The molecule has 0 radical (unpaired) electrons. The molecule has 1 saturated carbocycles. The molecule has 1 N–H and O–H groups in total. The zero-order valence-electron chi connectivity index (χ0n) is 11.5. The Kier molecular flexibility index (Phi) is 4.36. The van der Waals surface area contributed by atoms with Gasteiger partial charge in [-0.25, -0.2) is 4.79 Å². The molecule has 1 aromatic rings. The van der Waals surface area contributed by atoms with Crippen LogP contribution < -0.4 is 5.32 Å². The first-order chi connectivity index (χ1) is 9.11. The Hall–Kier alpha value is -1.63. The minimum absolute atomic E-state index is 0.111. The number of amides is 2. The van der Waals surface area contributed by atoms with E-state index < -0.39 is 0 Å². The minimum Gasteiger partial charge on any atom is -0.371 e. The van der Waals surface area contributed by atoms with Crippen LogP contribution in [0.25, 0.3) is 0 Å². The van der Waals surface area contributed by atoms with Gasteiger partial charge in [-0.1, -0.05) is 5.16 Å².